The van der Waals surface area contributed by atoms with Gasteiger partial charge in [-0.2, -0.15) is 0 Å². The smallest absolute Gasteiger partial charge is 0.0757 e. The zero-order chi connectivity index (χ0) is 26.9. The summed E-state index contributed by atoms with van der Waals surface area (Å²) < 4.78 is 45.7. The van der Waals surface area contributed by atoms with Crippen LogP contribution in [0.1, 0.15) is 107 Å². The summed E-state index contributed by atoms with van der Waals surface area (Å²) in [5.41, 5.74) is -1.29. The summed E-state index contributed by atoms with van der Waals surface area (Å²) in [5, 5.41) is 32.2. The van der Waals surface area contributed by atoms with Crippen molar-refractivity contribution < 1.29 is 23.5 Å². The second kappa shape index (κ2) is 7.89. The maximum absolute atomic E-state index is 11.3. The summed E-state index contributed by atoms with van der Waals surface area (Å²) in [6, 6.07) is 0. The van der Waals surface area contributed by atoms with Crippen molar-refractivity contribution in [1.82, 2.24) is 0 Å². The number of rotatable bonds is 5. The molecule has 4 aliphatic carbocycles. The number of hydrogen-bond acceptors (Lipinski definition) is 3. The van der Waals surface area contributed by atoms with E-state index in [1.54, 1.807) is 0 Å². The molecule has 30 heavy (non-hydrogen) atoms. The van der Waals surface area contributed by atoms with E-state index in [-0.39, 0.29) is 35.2 Å². The van der Waals surface area contributed by atoms with Gasteiger partial charge < -0.3 is 15.3 Å². The van der Waals surface area contributed by atoms with Crippen LogP contribution in [-0.2, 0) is 0 Å². The van der Waals surface area contributed by atoms with Crippen LogP contribution in [0.15, 0.2) is 11.6 Å². The zero-order valence-corrected chi connectivity index (χ0v) is 19.0. The number of aliphatic hydroxyl groups excluding tert-OH is 2. The van der Waals surface area contributed by atoms with E-state index < -0.39 is 25.4 Å². The van der Waals surface area contributed by atoms with Crippen LogP contribution in [0, 0.1) is 40.4 Å². The molecule has 0 heterocycles. The highest BCUT2D eigenvalue weighted by atomic mass is 16.3. The van der Waals surface area contributed by atoms with Crippen LogP contribution in [0.4, 0.5) is 0 Å². The molecule has 0 bridgehead atoms. The first kappa shape index (κ1) is 16.3. The fourth-order valence-electron chi connectivity index (χ4n) is 8.49. The second-order valence-electron chi connectivity index (χ2n) is 11.7. The molecule has 0 aliphatic heterocycles. The Kier molecular flexibility index (Phi) is 4.28. The number of hydrogen-bond donors (Lipinski definition) is 3. The molecule has 4 rings (SSSR count). The van der Waals surface area contributed by atoms with E-state index in [1.807, 2.05) is 0 Å². The van der Waals surface area contributed by atoms with Gasteiger partial charge in [0.15, 0.2) is 0 Å². The Morgan fingerprint density at radius 3 is 2.63 bits per heavy atom. The van der Waals surface area contributed by atoms with Crippen molar-refractivity contribution in [3.63, 3.8) is 0 Å². The topological polar surface area (TPSA) is 60.7 Å². The monoisotopic (exact) mass is 424 g/mol. The van der Waals surface area contributed by atoms with Crippen molar-refractivity contribution in [3.8, 4) is 0 Å². The van der Waals surface area contributed by atoms with Gasteiger partial charge in [0.2, 0.25) is 0 Å². The van der Waals surface area contributed by atoms with Crippen molar-refractivity contribution in [3.05, 3.63) is 11.6 Å². The summed E-state index contributed by atoms with van der Waals surface area (Å²) >= 11 is 0. The minimum absolute atomic E-state index is 0.0587. The molecular formula is C27H46O3. The van der Waals surface area contributed by atoms with Crippen LogP contribution in [-0.4, -0.2) is 33.1 Å². The first-order valence-electron chi connectivity index (χ1n) is 15.3. The molecule has 3 nitrogen and oxygen atoms in total. The highest BCUT2D eigenvalue weighted by Crippen LogP contribution is 2.67. The molecule has 0 unspecified atom stereocenters. The van der Waals surface area contributed by atoms with Gasteiger partial charge in [0, 0.05) is 8.22 Å². The third kappa shape index (κ3) is 3.82. The van der Waals surface area contributed by atoms with Gasteiger partial charge in [-0.15, -0.1) is 0 Å². The molecule has 0 saturated heterocycles. The number of aliphatic hydroxyl groups is 3. The van der Waals surface area contributed by atoms with Crippen LogP contribution in [0.25, 0.3) is 0 Å². The van der Waals surface area contributed by atoms with Gasteiger partial charge in [-0.05, 0) is 105 Å². The van der Waals surface area contributed by atoms with E-state index in [0.29, 0.717) is 37.0 Å². The lowest BCUT2D eigenvalue weighted by atomic mass is 9.46. The van der Waals surface area contributed by atoms with E-state index in [2.05, 4.69) is 26.8 Å². The lowest BCUT2D eigenvalue weighted by molar-refractivity contribution is -0.0971. The van der Waals surface area contributed by atoms with Crippen molar-refractivity contribution in [1.29, 1.82) is 0 Å². The summed E-state index contributed by atoms with van der Waals surface area (Å²) in [4.78, 5) is 0. The van der Waals surface area contributed by atoms with Crippen molar-refractivity contribution >= 4 is 0 Å². The fraction of sp³-hybridized carbons (Fsp3) is 0.926. The van der Waals surface area contributed by atoms with Crippen molar-refractivity contribution in [2.75, 3.05) is 0 Å². The summed E-state index contributed by atoms with van der Waals surface area (Å²) in [7, 11) is 0. The molecule has 3 heteroatoms. The Labute approximate surface area is 192 Å². The van der Waals surface area contributed by atoms with E-state index in [0.717, 1.165) is 38.5 Å². The van der Waals surface area contributed by atoms with E-state index >= 15 is 0 Å². The molecule has 172 valence electrons. The van der Waals surface area contributed by atoms with Gasteiger partial charge in [-0.3, -0.25) is 0 Å². The van der Waals surface area contributed by atoms with Gasteiger partial charge in [0.1, 0.15) is 0 Å². The Bertz CT molecular complexity index is 839. The second-order valence-corrected chi connectivity index (χ2v) is 11.7. The zero-order valence-electron chi connectivity index (χ0n) is 25.0. The normalized spacial score (nSPS) is 50.9. The average Bonchev–Trinajstić information content (AvgIpc) is 3.10. The van der Waals surface area contributed by atoms with Crippen LogP contribution in [0.2, 0.25) is 0 Å². The highest BCUT2D eigenvalue weighted by Gasteiger charge is 2.61. The van der Waals surface area contributed by atoms with Gasteiger partial charge >= 0.3 is 0 Å². The molecule has 0 amide bonds. The maximum atomic E-state index is 11.3. The van der Waals surface area contributed by atoms with E-state index in [1.165, 1.54) is 5.57 Å². The Balaban J connectivity index is 1.47. The summed E-state index contributed by atoms with van der Waals surface area (Å²) in [5.74, 6) is 1.78. The fourth-order valence-corrected chi connectivity index (χ4v) is 8.49. The minimum Gasteiger partial charge on any atom is -0.393 e. The average molecular weight is 425 g/mol. The standard InChI is InChI=1S/C27H46O3/c1-17(7-6-12-25(2,3)30)20-8-9-21-24-22(11-14-27(20,21)5)26(4)13-10-19(28)15-18(26)16-23(24)29/h16-17,19-24,28-30H,6-15H2,1-5H3/t17-,19+,20-,21+,22+,23-,24+,26+,27-/m1/s1/i2D3,3D3. The largest absolute Gasteiger partial charge is 0.393 e. The molecule has 0 aromatic carbocycles. The third-order valence-corrected chi connectivity index (χ3v) is 10.1. The molecule has 3 N–H and O–H groups in total. The summed E-state index contributed by atoms with van der Waals surface area (Å²) in [6.45, 7) is 0.997. The molecule has 9 atom stereocenters. The lowest BCUT2D eigenvalue weighted by Crippen LogP contribution is -2.54. The predicted molar refractivity (Wildman–Crippen MR) is 122 cm³/mol. The van der Waals surface area contributed by atoms with Crippen LogP contribution in [0.5, 0.6) is 0 Å². The maximum Gasteiger partial charge on any atom is 0.0757 e. The van der Waals surface area contributed by atoms with Crippen LogP contribution < -0.4 is 0 Å². The van der Waals surface area contributed by atoms with E-state index in [4.69, 9.17) is 8.22 Å². The highest BCUT2D eigenvalue weighted by molar-refractivity contribution is 5.27. The molecule has 3 fully saturated rings. The molecule has 0 radical (unpaired) electrons. The molecular weight excluding hydrogens is 372 g/mol. The Morgan fingerprint density at radius 1 is 1.13 bits per heavy atom. The van der Waals surface area contributed by atoms with Crippen LogP contribution in [0.3, 0.4) is 0 Å². The Hall–Kier alpha value is -0.380. The van der Waals surface area contributed by atoms with Gasteiger partial charge in [-0.1, -0.05) is 45.3 Å². The third-order valence-electron chi connectivity index (χ3n) is 10.1. The van der Waals surface area contributed by atoms with Crippen LogP contribution >= 0.6 is 0 Å². The minimum atomic E-state index is -2.96. The summed E-state index contributed by atoms with van der Waals surface area (Å²) in [6.07, 6.45) is 8.84. The first-order chi connectivity index (χ1) is 16.5. The van der Waals surface area contributed by atoms with Crippen molar-refractivity contribution in [2.24, 2.45) is 40.4 Å². The SMILES string of the molecule is [2H]C([2H])([2H])C(O)(CCC[C@@H](C)[C@H]1CC[C@H]2[C@@H]3[C@H](O)C=C4C[C@@H](O)CC[C@]4(C)[C@H]3CC[C@]12C)C([2H])([2H])[2H]. The lowest BCUT2D eigenvalue weighted by Gasteiger charge is -2.59. The first-order valence-corrected chi connectivity index (χ1v) is 12.3. The Morgan fingerprint density at radius 2 is 1.90 bits per heavy atom. The van der Waals surface area contributed by atoms with Gasteiger partial charge in [-0.25, -0.2) is 0 Å². The molecule has 0 aromatic heterocycles. The quantitative estimate of drug-likeness (QED) is 0.513. The number of fused-ring (bicyclic) bond motifs is 5. The molecule has 0 spiro atoms. The van der Waals surface area contributed by atoms with Gasteiger partial charge in [0.05, 0.1) is 17.8 Å². The predicted octanol–water partition coefficient (Wildman–Crippen LogP) is 5.47. The van der Waals surface area contributed by atoms with Gasteiger partial charge in [0.25, 0.3) is 0 Å². The molecule has 3 saturated carbocycles. The molecule has 4 aliphatic rings. The van der Waals surface area contributed by atoms with E-state index in [9.17, 15) is 15.3 Å². The molecule has 0 aromatic rings. The van der Waals surface area contributed by atoms with Crippen molar-refractivity contribution in [2.45, 2.75) is 116 Å².